The molecule has 0 atom stereocenters. The molecule has 0 fully saturated rings. The minimum Gasteiger partial charge on any atom is -0.348 e. The first-order valence-electron chi connectivity index (χ1n) is 7.55. The molecule has 0 radical (unpaired) electrons. The van der Waals surface area contributed by atoms with E-state index in [1.54, 1.807) is 18.2 Å². The topological polar surface area (TPSA) is 71.1 Å². The molecule has 1 aromatic carbocycles. The molecular weight excluding hydrogens is 309 g/mol. The lowest BCUT2D eigenvalue weighted by molar-refractivity contribution is 0.0919. The van der Waals surface area contributed by atoms with Gasteiger partial charge in [-0.25, -0.2) is 4.39 Å². The summed E-state index contributed by atoms with van der Waals surface area (Å²) in [6.45, 7) is 5.65. The number of benzene rings is 1. The van der Waals surface area contributed by atoms with E-state index in [1.165, 1.54) is 24.5 Å². The first-order valence-corrected chi connectivity index (χ1v) is 7.55. The summed E-state index contributed by atoms with van der Waals surface area (Å²) >= 11 is 0. The fourth-order valence-corrected chi connectivity index (χ4v) is 2.02. The highest BCUT2D eigenvalue weighted by Crippen LogP contribution is 2.08. The van der Waals surface area contributed by atoms with Crippen LogP contribution < -0.4 is 10.6 Å². The van der Waals surface area contributed by atoms with Gasteiger partial charge in [-0.3, -0.25) is 14.6 Å². The van der Waals surface area contributed by atoms with Crippen molar-refractivity contribution >= 4 is 11.8 Å². The average Bonchev–Trinajstić information content (AvgIpc) is 2.52. The molecule has 5 nitrogen and oxygen atoms in total. The lowest BCUT2D eigenvalue weighted by atomic mass is 10.1. The molecule has 0 unspecified atom stereocenters. The second kappa shape index (κ2) is 7.21. The van der Waals surface area contributed by atoms with Crippen LogP contribution in [0.3, 0.4) is 0 Å². The van der Waals surface area contributed by atoms with E-state index >= 15 is 0 Å². The molecular formula is C18H20FN3O2. The Labute approximate surface area is 140 Å². The number of hydrogen-bond donors (Lipinski definition) is 2. The van der Waals surface area contributed by atoms with Crippen LogP contribution >= 0.6 is 0 Å². The van der Waals surface area contributed by atoms with Crippen molar-refractivity contribution < 1.29 is 14.0 Å². The van der Waals surface area contributed by atoms with Crippen molar-refractivity contribution in [2.24, 2.45) is 0 Å². The third-order valence-electron chi connectivity index (χ3n) is 3.15. The fraction of sp³-hybridized carbons (Fsp3) is 0.278. The number of carbonyl (C=O) groups is 2. The lowest BCUT2D eigenvalue weighted by Gasteiger charge is -2.20. The molecule has 0 aliphatic heterocycles. The summed E-state index contributed by atoms with van der Waals surface area (Å²) in [7, 11) is 0. The molecule has 2 aromatic rings. The van der Waals surface area contributed by atoms with Gasteiger partial charge in [0.25, 0.3) is 11.8 Å². The Hall–Kier alpha value is -2.76. The quantitative estimate of drug-likeness (QED) is 0.906. The minimum absolute atomic E-state index is 0.0594. The molecule has 24 heavy (non-hydrogen) atoms. The van der Waals surface area contributed by atoms with Gasteiger partial charge in [0.05, 0.1) is 11.1 Å². The lowest BCUT2D eigenvalue weighted by Crippen LogP contribution is -2.40. The largest absolute Gasteiger partial charge is 0.348 e. The first-order chi connectivity index (χ1) is 11.3. The van der Waals surface area contributed by atoms with Crippen LogP contribution in [0.25, 0.3) is 0 Å². The zero-order valence-corrected chi connectivity index (χ0v) is 13.9. The zero-order valence-electron chi connectivity index (χ0n) is 13.9. The van der Waals surface area contributed by atoms with Gasteiger partial charge in [-0.05, 0) is 32.9 Å². The number of aromatic nitrogens is 1. The zero-order chi connectivity index (χ0) is 17.7. The molecule has 2 rings (SSSR count). The van der Waals surface area contributed by atoms with Crippen LogP contribution in [-0.4, -0.2) is 22.3 Å². The van der Waals surface area contributed by atoms with Crippen LogP contribution in [0.5, 0.6) is 0 Å². The summed E-state index contributed by atoms with van der Waals surface area (Å²) in [5.74, 6) is -1.11. The van der Waals surface area contributed by atoms with Gasteiger partial charge in [0.1, 0.15) is 5.82 Å². The fourth-order valence-electron chi connectivity index (χ4n) is 2.02. The summed E-state index contributed by atoms with van der Waals surface area (Å²) in [4.78, 5) is 28.2. The predicted octanol–water partition coefficient (Wildman–Crippen LogP) is 2.68. The monoisotopic (exact) mass is 329 g/mol. The molecule has 126 valence electrons. The van der Waals surface area contributed by atoms with E-state index < -0.39 is 5.91 Å². The Morgan fingerprint density at radius 3 is 2.33 bits per heavy atom. The van der Waals surface area contributed by atoms with Crippen LogP contribution in [-0.2, 0) is 6.54 Å². The number of nitrogens with one attached hydrogen (secondary N) is 2. The number of pyridine rings is 1. The summed E-state index contributed by atoms with van der Waals surface area (Å²) in [5.41, 5.74) is 0.539. The summed E-state index contributed by atoms with van der Waals surface area (Å²) in [6.07, 6.45) is 2.76. The van der Waals surface area contributed by atoms with E-state index in [1.807, 2.05) is 20.8 Å². The Kier molecular flexibility index (Phi) is 5.28. The third-order valence-corrected chi connectivity index (χ3v) is 3.15. The number of carbonyl (C=O) groups excluding carboxylic acids is 2. The summed E-state index contributed by atoms with van der Waals surface area (Å²) in [6, 6.07) is 7.68. The molecule has 0 saturated carbocycles. The van der Waals surface area contributed by atoms with Gasteiger partial charge in [-0.15, -0.1) is 0 Å². The second-order valence-corrected chi connectivity index (χ2v) is 6.44. The normalized spacial score (nSPS) is 11.0. The third kappa shape index (κ3) is 4.87. The molecule has 0 aliphatic rings. The highest BCUT2D eigenvalue weighted by Gasteiger charge is 2.17. The molecule has 2 amide bonds. The van der Waals surface area contributed by atoms with Crippen molar-refractivity contribution in [2.75, 3.05) is 0 Å². The Bertz CT molecular complexity index is 754. The van der Waals surface area contributed by atoms with Gasteiger partial charge in [-0.1, -0.05) is 18.2 Å². The maximum absolute atomic E-state index is 13.6. The first kappa shape index (κ1) is 17.6. The van der Waals surface area contributed by atoms with E-state index in [9.17, 15) is 14.0 Å². The van der Waals surface area contributed by atoms with Gasteiger partial charge in [0.15, 0.2) is 0 Å². The number of rotatable bonds is 4. The second-order valence-electron chi connectivity index (χ2n) is 6.44. The Morgan fingerprint density at radius 2 is 1.71 bits per heavy atom. The van der Waals surface area contributed by atoms with Gasteiger partial charge in [-0.2, -0.15) is 0 Å². The molecule has 1 heterocycles. The highest BCUT2D eigenvalue weighted by molar-refractivity contribution is 5.99. The highest BCUT2D eigenvalue weighted by atomic mass is 19.1. The number of nitrogens with zero attached hydrogens (tertiary/aromatic N) is 1. The van der Waals surface area contributed by atoms with Crippen molar-refractivity contribution in [3.8, 4) is 0 Å². The van der Waals surface area contributed by atoms with Gasteiger partial charge in [0, 0.05) is 30.0 Å². The molecule has 0 aliphatic carbocycles. The minimum atomic E-state index is -0.420. The molecule has 0 bridgehead atoms. The Balaban J connectivity index is 2.06. The van der Waals surface area contributed by atoms with Crippen LogP contribution in [0.15, 0.2) is 42.7 Å². The van der Waals surface area contributed by atoms with E-state index in [0.29, 0.717) is 11.1 Å². The predicted molar refractivity (Wildman–Crippen MR) is 89.0 cm³/mol. The smallest absolute Gasteiger partial charge is 0.253 e. The number of hydrogen-bond acceptors (Lipinski definition) is 3. The Morgan fingerprint density at radius 1 is 1.08 bits per heavy atom. The van der Waals surface area contributed by atoms with Crippen LogP contribution in [0.1, 0.15) is 47.1 Å². The van der Waals surface area contributed by atoms with Crippen molar-refractivity contribution in [2.45, 2.75) is 32.9 Å². The average molecular weight is 329 g/mol. The molecule has 6 heteroatoms. The van der Waals surface area contributed by atoms with Crippen molar-refractivity contribution in [1.29, 1.82) is 0 Å². The number of halogens is 1. The SMILES string of the molecule is CC(C)(C)NC(=O)c1cncc(C(=O)NCc2ccccc2F)c1. The van der Waals surface area contributed by atoms with Gasteiger partial charge < -0.3 is 10.6 Å². The van der Waals surface area contributed by atoms with Gasteiger partial charge >= 0.3 is 0 Å². The molecule has 0 spiro atoms. The van der Waals surface area contributed by atoms with E-state index in [0.717, 1.165) is 0 Å². The van der Waals surface area contributed by atoms with Crippen LogP contribution in [0, 0.1) is 5.82 Å². The van der Waals surface area contributed by atoms with Crippen LogP contribution in [0.4, 0.5) is 4.39 Å². The van der Waals surface area contributed by atoms with Crippen LogP contribution in [0.2, 0.25) is 0 Å². The standard InChI is InChI=1S/C18H20FN3O2/c1-18(2,3)22-17(24)14-8-13(9-20-10-14)16(23)21-11-12-6-4-5-7-15(12)19/h4-10H,11H2,1-3H3,(H,21,23)(H,22,24). The van der Waals surface area contributed by atoms with Crippen molar-refractivity contribution in [3.63, 3.8) is 0 Å². The molecule has 2 N–H and O–H groups in total. The number of amides is 2. The van der Waals surface area contributed by atoms with E-state index in [4.69, 9.17) is 0 Å². The summed E-state index contributed by atoms with van der Waals surface area (Å²) < 4.78 is 13.6. The van der Waals surface area contributed by atoms with Crippen molar-refractivity contribution in [1.82, 2.24) is 15.6 Å². The molecule has 0 saturated heterocycles. The van der Waals surface area contributed by atoms with E-state index in [-0.39, 0.29) is 29.4 Å². The van der Waals surface area contributed by atoms with E-state index in [2.05, 4.69) is 15.6 Å². The maximum atomic E-state index is 13.6. The molecule has 1 aromatic heterocycles. The van der Waals surface area contributed by atoms with Crippen molar-refractivity contribution in [3.05, 3.63) is 65.2 Å². The van der Waals surface area contributed by atoms with Gasteiger partial charge in [0.2, 0.25) is 0 Å². The maximum Gasteiger partial charge on any atom is 0.253 e. The summed E-state index contributed by atoms with van der Waals surface area (Å²) in [5, 5.41) is 5.43.